The molecule has 1 aromatic rings. The van der Waals surface area contributed by atoms with Gasteiger partial charge in [-0.05, 0) is 0 Å². The van der Waals surface area contributed by atoms with Crippen LogP contribution >= 0.6 is 0 Å². The minimum absolute atomic E-state index is 0.0178. The fourth-order valence-corrected chi connectivity index (χ4v) is 1.86. The fraction of sp³-hybridized carbons (Fsp3) is 0.143. The number of hydrogen-bond acceptors (Lipinski definition) is 5. The van der Waals surface area contributed by atoms with Crippen molar-refractivity contribution in [3.05, 3.63) is 47.2 Å². The average Bonchev–Trinajstić information content (AvgIpc) is 2.47. The van der Waals surface area contributed by atoms with E-state index in [0.717, 1.165) is 6.08 Å². The molecule has 0 unspecified atom stereocenters. The summed E-state index contributed by atoms with van der Waals surface area (Å²) >= 11 is 0. The van der Waals surface area contributed by atoms with E-state index in [1.54, 1.807) is 18.2 Å². The number of amides is 1. The summed E-state index contributed by atoms with van der Waals surface area (Å²) in [6.07, 6.45) is 1.13. The Labute approximate surface area is 119 Å². The van der Waals surface area contributed by atoms with Crippen LogP contribution < -0.4 is 10.6 Å². The third-order valence-electron chi connectivity index (χ3n) is 2.83. The highest BCUT2D eigenvalue weighted by molar-refractivity contribution is 6.24. The van der Waals surface area contributed by atoms with Gasteiger partial charge in [-0.1, -0.05) is 24.3 Å². The topological polar surface area (TPSA) is 113 Å². The molecular formula is C14H12N2O5. The molecule has 7 nitrogen and oxygen atoms in total. The number of aliphatic carboxylic acids is 1. The molecular weight excluding hydrogens is 276 g/mol. The summed E-state index contributed by atoms with van der Waals surface area (Å²) in [5.41, 5.74) is 0.617. The molecule has 0 bridgehead atoms. The van der Waals surface area contributed by atoms with Crippen molar-refractivity contribution in [2.45, 2.75) is 0 Å². The lowest BCUT2D eigenvalue weighted by Crippen LogP contribution is -2.38. The van der Waals surface area contributed by atoms with E-state index >= 15 is 0 Å². The molecule has 1 amide bonds. The van der Waals surface area contributed by atoms with E-state index in [1.165, 1.54) is 6.07 Å². The first kappa shape index (κ1) is 14.4. The number of carboxylic acid groups (broad SMARTS) is 1. The molecule has 108 valence electrons. The standard InChI is InChI=1S/C14H12N2O5/c17-11-5-10(15-6-12(18)16-7-13(19)20)14(21)9-4-2-1-3-8(9)11/h1-5,15H,6-7H2,(H,16,18)(H,19,20). The molecule has 0 radical (unpaired) electrons. The number of Topliss-reactive ketones (excluding diaryl/α,β-unsaturated/α-hetero) is 1. The molecule has 0 aliphatic heterocycles. The third kappa shape index (κ3) is 3.33. The first-order valence-electron chi connectivity index (χ1n) is 6.11. The Bertz CT molecular complexity index is 663. The van der Waals surface area contributed by atoms with Crippen LogP contribution in [0.5, 0.6) is 0 Å². The molecule has 1 aliphatic carbocycles. The zero-order chi connectivity index (χ0) is 15.4. The Morgan fingerprint density at radius 1 is 1.05 bits per heavy atom. The molecule has 0 saturated carbocycles. The Kier molecular flexibility index (Phi) is 4.13. The van der Waals surface area contributed by atoms with Crippen molar-refractivity contribution in [2.75, 3.05) is 13.1 Å². The van der Waals surface area contributed by atoms with E-state index in [1.807, 2.05) is 0 Å². The Morgan fingerprint density at radius 3 is 2.38 bits per heavy atom. The largest absolute Gasteiger partial charge is 0.480 e. The molecule has 0 atom stereocenters. The van der Waals surface area contributed by atoms with Gasteiger partial charge in [0.2, 0.25) is 11.7 Å². The van der Waals surface area contributed by atoms with Gasteiger partial charge in [0.25, 0.3) is 0 Å². The number of rotatable bonds is 5. The van der Waals surface area contributed by atoms with Gasteiger partial charge < -0.3 is 15.7 Å². The second kappa shape index (κ2) is 6.00. The van der Waals surface area contributed by atoms with Gasteiger partial charge in [-0.2, -0.15) is 0 Å². The molecule has 21 heavy (non-hydrogen) atoms. The summed E-state index contributed by atoms with van der Waals surface area (Å²) in [5.74, 6) is -2.45. The van der Waals surface area contributed by atoms with Gasteiger partial charge >= 0.3 is 5.97 Å². The van der Waals surface area contributed by atoms with Gasteiger partial charge in [-0.3, -0.25) is 19.2 Å². The van der Waals surface area contributed by atoms with Crippen molar-refractivity contribution in [3.8, 4) is 0 Å². The Balaban J connectivity index is 2.02. The van der Waals surface area contributed by atoms with Crippen LogP contribution in [0.25, 0.3) is 0 Å². The third-order valence-corrected chi connectivity index (χ3v) is 2.83. The lowest BCUT2D eigenvalue weighted by atomic mass is 9.93. The maximum absolute atomic E-state index is 12.1. The fourth-order valence-electron chi connectivity index (χ4n) is 1.86. The maximum atomic E-state index is 12.1. The summed E-state index contributed by atoms with van der Waals surface area (Å²) in [6, 6.07) is 6.40. The van der Waals surface area contributed by atoms with Crippen molar-refractivity contribution >= 4 is 23.4 Å². The molecule has 1 aliphatic rings. The monoisotopic (exact) mass is 288 g/mol. The van der Waals surface area contributed by atoms with Crippen LogP contribution in [0.2, 0.25) is 0 Å². The second-order valence-corrected chi connectivity index (χ2v) is 4.32. The van der Waals surface area contributed by atoms with Crippen LogP contribution in [0, 0.1) is 0 Å². The molecule has 0 heterocycles. The van der Waals surface area contributed by atoms with Crippen LogP contribution in [0.15, 0.2) is 36.0 Å². The van der Waals surface area contributed by atoms with Crippen molar-refractivity contribution < 1.29 is 24.3 Å². The van der Waals surface area contributed by atoms with Gasteiger partial charge in [0, 0.05) is 17.2 Å². The van der Waals surface area contributed by atoms with Gasteiger partial charge in [0.1, 0.15) is 6.54 Å². The molecule has 0 spiro atoms. The predicted molar refractivity (Wildman–Crippen MR) is 71.8 cm³/mol. The van der Waals surface area contributed by atoms with Crippen LogP contribution in [0.3, 0.4) is 0 Å². The lowest BCUT2D eigenvalue weighted by Gasteiger charge is -2.16. The van der Waals surface area contributed by atoms with Crippen LogP contribution in [0.1, 0.15) is 20.7 Å². The molecule has 7 heteroatoms. The highest BCUT2D eigenvalue weighted by Gasteiger charge is 2.25. The minimum atomic E-state index is -1.17. The quantitative estimate of drug-likeness (QED) is 0.688. The van der Waals surface area contributed by atoms with Crippen molar-refractivity contribution in [3.63, 3.8) is 0 Å². The first-order valence-corrected chi connectivity index (χ1v) is 6.11. The highest BCUT2D eigenvalue weighted by Crippen LogP contribution is 2.19. The molecule has 2 rings (SSSR count). The maximum Gasteiger partial charge on any atom is 0.322 e. The zero-order valence-corrected chi connectivity index (χ0v) is 10.9. The van der Waals surface area contributed by atoms with Crippen LogP contribution in [-0.2, 0) is 9.59 Å². The lowest BCUT2D eigenvalue weighted by molar-refractivity contribution is -0.137. The number of carboxylic acids is 1. The average molecular weight is 288 g/mol. The van der Waals surface area contributed by atoms with Crippen molar-refractivity contribution in [1.82, 2.24) is 10.6 Å². The molecule has 0 saturated heterocycles. The number of carbonyl (C=O) groups excluding carboxylic acids is 3. The molecule has 0 aromatic heterocycles. The van der Waals surface area contributed by atoms with E-state index in [9.17, 15) is 19.2 Å². The summed E-state index contributed by atoms with van der Waals surface area (Å²) in [6.45, 7) is -0.796. The van der Waals surface area contributed by atoms with Crippen molar-refractivity contribution in [1.29, 1.82) is 0 Å². The molecule has 3 N–H and O–H groups in total. The van der Waals surface area contributed by atoms with Gasteiger partial charge in [0.15, 0.2) is 5.78 Å². The number of fused-ring (bicyclic) bond motifs is 1. The van der Waals surface area contributed by atoms with Gasteiger partial charge in [-0.25, -0.2) is 0 Å². The number of ketones is 2. The number of carbonyl (C=O) groups is 4. The SMILES string of the molecule is O=C(O)CNC(=O)CNC1=CC(=O)c2ccccc2C1=O. The number of benzene rings is 1. The number of hydrogen-bond donors (Lipinski definition) is 3. The first-order chi connectivity index (χ1) is 9.99. The second-order valence-electron chi connectivity index (χ2n) is 4.32. The van der Waals surface area contributed by atoms with Crippen molar-refractivity contribution in [2.24, 2.45) is 0 Å². The predicted octanol–water partition coefficient (Wildman–Crippen LogP) is -0.260. The molecule has 0 fully saturated rings. The molecule has 1 aromatic carbocycles. The highest BCUT2D eigenvalue weighted by atomic mass is 16.4. The normalized spacial score (nSPS) is 13.2. The summed E-state index contributed by atoms with van der Waals surface area (Å²) in [7, 11) is 0. The van der Waals surface area contributed by atoms with E-state index in [4.69, 9.17) is 5.11 Å². The Hall–Kier alpha value is -2.96. The van der Waals surface area contributed by atoms with Crippen LogP contribution in [-0.4, -0.2) is 41.6 Å². The minimum Gasteiger partial charge on any atom is -0.480 e. The van der Waals surface area contributed by atoms with E-state index in [0.29, 0.717) is 5.56 Å². The smallest absolute Gasteiger partial charge is 0.322 e. The summed E-state index contributed by atoms with van der Waals surface area (Å²) < 4.78 is 0. The van der Waals surface area contributed by atoms with Crippen LogP contribution in [0.4, 0.5) is 0 Å². The van der Waals surface area contributed by atoms with E-state index in [2.05, 4.69) is 10.6 Å². The number of allylic oxidation sites excluding steroid dienone is 2. The van der Waals surface area contributed by atoms with E-state index < -0.39 is 18.4 Å². The Morgan fingerprint density at radius 2 is 1.71 bits per heavy atom. The zero-order valence-electron chi connectivity index (χ0n) is 10.9. The summed E-state index contributed by atoms with van der Waals surface area (Å²) in [5, 5.41) is 13.1. The number of nitrogens with one attached hydrogen (secondary N) is 2. The summed E-state index contributed by atoms with van der Waals surface area (Å²) in [4.78, 5) is 45.6. The van der Waals surface area contributed by atoms with Gasteiger partial charge in [0.05, 0.1) is 12.2 Å². The van der Waals surface area contributed by atoms with Gasteiger partial charge in [-0.15, -0.1) is 0 Å². The van der Waals surface area contributed by atoms with E-state index in [-0.39, 0.29) is 29.4 Å².